The third-order valence-electron chi connectivity index (χ3n) is 2.52. The predicted octanol–water partition coefficient (Wildman–Crippen LogP) is 0.625. The van der Waals surface area contributed by atoms with Gasteiger partial charge in [0.05, 0.1) is 5.75 Å². The molecule has 0 saturated carbocycles. The number of amides is 1. The molecule has 6 nitrogen and oxygen atoms in total. The van der Waals surface area contributed by atoms with Crippen LogP contribution in [0.1, 0.15) is 29.8 Å². The third-order valence-corrected chi connectivity index (χ3v) is 4.10. The lowest BCUT2D eigenvalue weighted by molar-refractivity contribution is 0.0956. The zero-order chi connectivity index (χ0) is 15.2. The molecule has 21 heavy (non-hydrogen) atoms. The van der Waals surface area contributed by atoms with Crippen molar-refractivity contribution in [1.29, 1.82) is 0 Å². The van der Waals surface area contributed by atoms with E-state index in [2.05, 4.69) is 10.0 Å². The average Bonchev–Trinajstić information content (AvgIpc) is 2.37. The minimum Gasteiger partial charge on any atom is -0.351 e. The van der Waals surface area contributed by atoms with Crippen LogP contribution in [0.3, 0.4) is 0 Å². The van der Waals surface area contributed by atoms with Crippen molar-refractivity contribution < 1.29 is 13.2 Å². The van der Waals surface area contributed by atoms with Gasteiger partial charge in [0.1, 0.15) is 0 Å². The summed E-state index contributed by atoms with van der Waals surface area (Å²) in [6, 6.07) is 6.72. The fraction of sp³-hybridized carbons (Fsp3) is 0.462. The fourth-order valence-electron chi connectivity index (χ4n) is 1.61. The number of carbonyl (C=O) groups excluding carboxylic acids is 1. The van der Waals surface area contributed by atoms with Gasteiger partial charge in [-0.15, -0.1) is 12.4 Å². The first-order chi connectivity index (χ1) is 9.34. The Bertz CT molecular complexity index is 544. The molecule has 8 heteroatoms. The molecule has 0 radical (unpaired) electrons. The summed E-state index contributed by atoms with van der Waals surface area (Å²) in [6.45, 7) is 3.98. The fourth-order valence-corrected chi connectivity index (χ4v) is 2.82. The van der Waals surface area contributed by atoms with E-state index < -0.39 is 10.0 Å². The van der Waals surface area contributed by atoms with Gasteiger partial charge in [0.25, 0.3) is 5.91 Å². The highest BCUT2D eigenvalue weighted by Crippen LogP contribution is 2.03. The summed E-state index contributed by atoms with van der Waals surface area (Å²) in [5, 5.41) is 2.58. The summed E-state index contributed by atoms with van der Waals surface area (Å²) in [5.41, 5.74) is 6.89. The Labute approximate surface area is 132 Å². The largest absolute Gasteiger partial charge is 0.351 e. The molecule has 4 N–H and O–H groups in total. The maximum Gasteiger partial charge on any atom is 0.251 e. The molecule has 0 bridgehead atoms. The van der Waals surface area contributed by atoms with Gasteiger partial charge < -0.3 is 11.1 Å². The lowest BCUT2D eigenvalue weighted by Gasteiger charge is -2.10. The molecule has 120 valence electrons. The van der Waals surface area contributed by atoms with Crippen LogP contribution in [0.5, 0.6) is 0 Å². The molecule has 0 aliphatic rings. The smallest absolute Gasteiger partial charge is 0.251 e. The van der Waals surface area contributed by atoms with Crippen LogP contribution in [-0.4, -0.2) is 32.7 Å². The molecular weight excluding hydrogens is 314 g/mol. The van der Waals surface area contributed by atoms with Gasteiger partial charge in [-0.3, -0.25) is 4.79 Å². The van der Waals surface area contributed by atoms with E-state index in [-0.39, 0.29) is 36.7 Å². The maximum absolute atomic E-state index is 11.8. The summed E-state index contributed by atoms with van der Waals surface area (Å²) in [5.74, 6) is -0.439. The molecule has 0 saturated heterocycles. The highest BCUT2D eigenvalue weighted by atomic mass is 35.5. The Kier molecular flexibility index (Phi) is 8.50. The van der Waals surface area contributed by atoms with E-state index in [0.29, 0.717) is 12.1 Å². The van der Waals surface area contributed by atoms with Crippen LogP contribution in [0.15, 0.2) is 24.3 Å². The zero-order valence-electron chi connectivity index (χ0n) is 12.1. The summed E-state index contributed by atoms with van der Waals surface area (Å²) in [6.07, 6.45) is 0. The first-order valence-corrected chi connectivity index (χ1v) is 8.06. The lowest BCUT2D eigenvalue weighted by atomic mass is 10.1. The molecule has 0 spiro atoms. The minimum absolute atomic E-state index is 0. The van der Waals surface area contributed by atoms with Crippen LogP contribution in [-0.2, 0) is 16.6 Å². The molecule has 0 atom stereocenters. The summed E-state index contributed by atoms with van der Waals surface area (Å²) >= 11 is 0. The van der Waals surface area contributed by atoms with Gasteiger partial charge in [-0.25, -0.2) is 13.1 Å². The van der Waals surface area contributed by atoms with Crippen LogP contribution >= 0.6 is 12.4 Å². The quantitative estimate of drug-likeness (QED) is 0.680. The van der Waals surface area contributed by atoms with Crippen LogP contribution in [0.2, 0.25) is 0 Å². The molecule has 0 fully saturated rings. The monoisotopic (exact) mass is 335 g/mol. The second-order valence-corrected chi connectivity index (χ2v) is 6.62. The molecule has 1 amide bonds. The van der Waals surface area contributed by atoms with Crippen LogP contribution in [0, 0.1) is 0 Å². The van der Waals surface area contributed by atoms with Gasteiger partial charge >= 0.3 is 0 Å². The number of carbonyl (C=O) groups is 1. The molecule has 0 heterocycles. The molecule has 0 aliphatic heterocycles. The molecular formula is C13H22ClN3O3S. The van der Waals surface area contributed by atoms with Gasteiger partial charge in [0.2, 0.25) is 10.0 Å². The van der Waals surface area contributed by atoms with Crippen LogP contribution in [0.25, 0.3) is 0 Å². The van der Waals surface area contributed by atoms with E-state index in [1.165, 1.54) is 0 Å². The predicted molar refractivity (Wildman–Crippen MR) is 86.0 cm³/mol. The Morgan fingerprint density at radius 2 is 1.81 bits per heavy atom. The Hall–Kier alpha value is -1.15. The number of rotatable bonds is 7. The van der Waals surface area contributed by atoms with Crippen molar-refractivity contribution in [3.8, 4) is 0 Å². The first kappa shape index (κ1) is 19.9. The maximum atomic E-state index is 11.8. The topological polar surface area (TPSA) is 101 Å². The standard InChI is InChI=1S/C13H21N3O3S.ClH/c1-10(2)16-20(18,19)8-7-15-13(17)12-5-3-11(9-14)4-6-12;/h3-6,10,16H,7-9,14H2,1-2H3,(H,15,17);1H. The highest BCUT2D eigenvalue weighted by molar-refractivity contribution is 7.89. The van der Waals surface area contributed by atoms with Gasteiger partial charge in [0, 0.05) is 24.7 Å². The van der Waals surface area contributed by atoms with Crippen molar-refractivity contribution in [3.05, 3.63) is 35.4 Å². The van der Waals surface area contributed by atoms with Crippen molar-refractivity contribution in [2.24, 2.45) is 5.73 Å². The van der Waals surface area contributed by atoms with Gasteiger partial charge in [0.15, 0.2) is 0 Å². The number of hydrogen-bond acceptors (Lipinski definition) is 4. The van der Waals surface area contributed by atoms with E-state index in [9.17, 15) is 13.2 Å². The Balaban J connectivity index is 0.00000400. The van der Waals surface area contributed by atoms with Crippen molar-refractivity contribution in [2.45, 2.75) is 26.4 Å². The highest BCUT2D eigenvalue weighted by Gasteiger charge is 2.12. The number of benzene rings is 1. The second-order valence-electron chi connectivity index (χ2n) is 4.75. The Morgan fingerprint density at radius 1 is 1.24 bits per heavy atom. The van der Waals surface area contributed by atoms with Gasteiger partial charge in [-0.1, -0.05) is 12.1 Å². The van der Waals surface area contributed by atoms with Crippen LogP contribution < -0.4 is 15.8 Å². The SMILES string of the molecule is CC(C)NS(=O)(=O)CCNC(=O)c1ccc(CN)cc1.Cl. The number of nitrogens with two attached hydrogens (primary N) is 1. The minimum atomic E-state index is -3.35. The molecule has 1 aromatic rings. The number of nitrogens with one attached hydrogen (secondary N) is 2. The van der Waals surface area contributed by atoms with Crippen molar-refractivity contribution in [1.82, 2.24) is 10.0 Å². The lowest BCUT2D eigenvalue weighted by Crippen LogP contribution is -2.37. The summed E-state index contributed by atoms with van der Waals surface area (Å²) in [7, 11) is -3.35. The molecule has 0 aromatic heterocycles. The molecule has 0 unspecified atom stereocenters. The van der Waals surface area contributed by atoms with Crippen molar-refractivity contribution >= 4 is 28.3 Å². The number of halogens is 1. The summed E-state index contributed by atoms with van der Waals surface area (Å²) < 4.78 is 25.6. The van der Waals surface area contributed by atoms with Crippen LogP contribution in [0.4, 0.5) is 0 Å². The normalized spacial score (nSPS) is 11.0. The number of hydrogen-bond donors (Lipinski definition) is 3. The molecule has 1 aromatic carbocycles. The van der Waals surface area contributed by atoms with Gasteiger partial charge in [-0.2, -0.15) is 0 Å². The zero-order valence-corrected chi connectivity index (χ0v) is 13.8. The summed E-state index contributed by atoms with van der Waals surface area (Å²) in [4.78, 5) is 11.8. The van der Waals surface area contributed by atoms with E-state index in [1.807, 2.05) is 0 Å². The van der Waals surface area contributed by atoms with E-state index in [1.54, 1.807) is 38.1 Å². The Morgan fingerprint density at radius 3 is 2.29 bits per heavy atom. The van der Waals surface area contributed by atoms with Gasteiger partial charge in [-0.05, 0) is 31.5 Å². The van der Waals surface area contributed by atoms with E-state index in [4.69, 9.17) is 5.73 Å². The third kappa shape index (κ3) is 7.42. The van der Waals surface area contributed by atoms with Crippen molar-refractivity contribution in [3.63, 3.8) is 0 Å². The molecule has 0 aliphatic carbocycles. The van der Waals surface area contributed by atoms with Crippen molar-refractivity contribution in [2.75, 3.05) is 12.3 Å². The van der Waals surface area contributed by atoms with E-state index in [0.717, 1.165) is 5.56 Å². The average molecular weight is 336 g/mol. The van der Waals surface area contributed by atoms with E-state index >= 15 is 0 Å². The number of sulfonamides is 1. The molecule has 1 rings (SSSR count). The first-order valence-electron chi connectivity index (χ1n) is 6.41. The second kappa shape index (κ2) is 8.99.